The summed E-state index contributed by atoms with van der Waals surface area (Å²) in [7, 11) is 1.55. The molecule has 23 heavy (non-hydrogen) atoms. The van der Waals surface area contributed by atoms with Crippen molar-refractivity contribution in [3.05, 3.63) is 39.5 Å². The van der Waals surface area contributed by atoms with E-state index in [4.69, 9.17) is 9.47 Å². The Bertz CT molecular complexity index is 657. The predicted octanol–water partition coefficient (Wildman–Crippen LogP) is 3.04. The van der Waals surface area contributed by atoms with Gasteiger partial charge in [-0.2, -0.15) is 0 Å². The fourth-order valence-corrected chi connectivity index (χ4v) is 2.89. The van der Waals surface area contributed by atoms with Gasteiger partial charge in [-0.15, -0.1) is 0 Å². The summed E-state index contributed by atoms with van der Waals surface area (Å²) in [6.45, 7) is 3.87. The van der Waals surface area contributed by atoms with E-state index in [-0.39, 0.29) is 12.6 Å². The summed E-state index contributed by atoms with van der Waals surface area (Å²) < 4.78 is 11.4. The van der Waals surface area contributed by atoms with Gasteiger partial charge in [-0.3, -0.25) is 0 Å². The van der Waals surface area contributed by atoms with Crippen LogP contribution in [0.1, 0.15) is 31.9 Å². The summed E-state index contributed by atoms with van der Waals surface area (Å²) in [5.41, 5.74) is 1.63. The van der Waals surface area contributed by atoms with Gasteiger partial charge in [0.05, 0.1) is 25.3 Å². The number of carbonyl (C=O) groups excluding carboxylic acids is 2. The van der Waals surface area contributed by atoms with Crippen molar-refractivity contribution in [1.82, 2.24) is 10.6 Å². The molecular formula is C16H19BrN2O4. The van der Waals surface area contributed by atoms with Crippen LogP contribution in [0.5, 0.6) is 5.75 Å². The maximum absolute atomic E-state index is 12.4. The number of urea groups is 1. The van der Waals surface area contributed by atoms with E-state index in [1.54, 1.807) is 20.1 Å². The van der Waals surface area contributed by atoms with E-state index in [9.17, 15) is 9.59 Å². The average Bonchev–Trinajstić information content (AvgIpc) is 2.54. The third kappa shape index (κ3) is 3.67. The number of ether oxygens (including phenoxy) is 2. The van der Waals surface area contributed by atoms with E-state index in [0.29, 0.717) is 29.0 Å². The quantitative estimate of drug-likeness (QED) is 0.767. The highest BCUT2D eigenvalue weighted by molar-refractivity contribution is 9.10. The number of hydrogen-bond donors (Lipinski definition) is 2. The summed E-state index contributed by atoms with van der Waals surface area (Å²) in [4.78, 5) is 24.4. The monoisotopic (exact) mass is 382 g/mol. The lowest BCUT2D eigenvalue weighted by Crippen LogP contribution is -2.46. The molecule has 0 aliphatic carbocycles. The molecule has 1 aromatic rings. The Morgan fingerprint density at radius 3 is 2.70 bits per heavy atom. The van der Waals surface area contributed by atoms with Crippen LogP contribution in [0, 0.1) is 0 Å². The maximum atomic E-state index is 12.4. The van der Waals surface area contributed by atoms with Gasteiger partial charge < -0.3 is 20.1 Å². The van der Waals surface area contributed by atoms with Crippen molar-refractivity contribution in [2.24, 2.45) is 0 Å². The zero-order valence-corrected chi connectivity index (χ0v) is 14.8. The highest BCUT2D eigenvalue weighted by Gasteiger charge is 2.34. The predicted molar refractivity (Wildman–Crippen MR) is 89.1 cm³/mol. The molecule has 1 aromatic carbocycles. The Labute approximate surface area is 143 Å². The normalized spacial score (nSPS) is 17.4. The third-order valence-corrected chi connectivity index (χ3v) is 4.00. The minimum absolute atomic E-state index is 0.260. The Kier molecular flexibility index (Phi) is 5.65. The third-order valence-electron chi connectivity index (χ3n) is 3.51. The molecule has 2 rings (SSSR count). The molecular weight excluding hydrogens is 364 g/mol. The Morgan fingerprint density at radius 1 is 1.35 bits per heavy atom. The zero-order chi connectivity index (χ0) is 17.0. The van der Waals surface area contributed by atoms with E-state index >= 15 is 0 Å². The second kappa shape index (κ2) is 7.50. The number of carbonyl (C=O) groups is 2. The fourth-order valence-electron chi connectivity index (χ4n) is 2.51. The minimum Gasteiger partial charge on any atom is -0.496 e. The van der Waals surface area contributed by atoms with Crippen LogP contribution in [0.4, 0.5) is 4.79 Å². The first kappa shape index (κ1) is 17.3. The average molecular weight is 383 g/mol. The van der Waals surface area contributed by atoms with Crippen molar-refractivity contribution in [2.75, 3.05) is 13.7 Å². The van der Waals surface area contributed by atoms with Crippen molar-refractivity contribution in [1.29, 1.82) is 0 Å². The van der Waals surface area contributed by atoms with Crippen LogP contribution >= 0.6 is 15.9 Å². The van der Waals surface area contributed by atoms with Gasteiger partial charge in [0, 0.05) is 15.7 Å². The van der Waals surface area contributed by atoms with Gasteiger partial charge in [-0.25, -0.2) is 9.59 Å². The number of benzene rings is 1. The van der Waals surface area contributed by atoms with Crippen LogP contribution in [0.2, 0.25) is 0 Å². The van der Waals surface area contributed by atoms with Gasteiger partial charge in [0.2, 0.25) is 0 Å². The second-order valence-corrected chi connectivity index (χ2v) is 5.80. The first-order valence-corrected chi connectivity index (χ1v) is 8.12. The molecule has 1 atom stereocenters. The second-order valence-electron chi connectivity index (χ2n) is 4.88. The molecule has 124 valence electrons. The van der Waals surface area contributed by atoms with E-state index in [2.05, 4.69) is 26.6 Å². The lowest BCUT2D eigenvalue weighted by Gasteiger charge is -2.30. The van der Waals surface area contributed by atoms with Gasteiger partial charge in [0.1, 0.15) is 5.75 Å². The van der Waals surface area contributed by atoms with Crippen LogP contribution in [0.25, 0.3) is 0 Å². The zero-order valence-electron chi connectivity index (χ0n) is 13.2. The Morgan fingerprint density at radius 2 is 2.09 bits per heavy atom. The number of amides is 2. The molecule has 0 fully saturated rings. The largest absolute Gasteiger partial charge is 0.496 e. The number of nitrogens with one attached hydrogen (secondary N) is 2. The van der Waals surface area contributed by atoms with Gasteiger partial charge in [-0.1, -0.05) is 22.9 Å². The summed E-state index contributed by atoms with van der Waals surface area (Å²) in [6, 6.07) is 4.44. The van der Waals surface area contributed by atoms with Crippen LogP contribution < -0.4 is 15.4 Å². The first-order valence-electron chi connectivity index (χ1n) is 7.32. The number of allylic oxidation sites excluding steroid dienone is 1. The van der Waals surface area contributed by atoms with Gasteiger partial charge in [0.25, 0.3) is 0 Å². The van der Waals surface area contributed by atoms with Crippen LogP contribution in [0.15, 0.2) is 33.9 Å². The Balaban J connectivity index is 2.59. The summed E-state index contributed by atoms with van der Waals surface area (Å²) in [5.74, 6) is 0.126. The molecule has 1 unspecified atom stereocenters. The van der Waals surface area contributed by atoms with Crippen molar-refractivity contribution in [3.8, 4) is 5.75 Å². The standard InChI is InChI=1S/C16H19BrN2O4/c1-4-11-13(15(20)23-5-2)14(19-16(21)18-11)10-8-9(17)6-7-12(10)22-3/h6-8,14H,4-5H2,1-3H3,(H2,18,19,21). The lowest BCUT2D eigenvalue weighted by molar-refractivity contribution is -0.139. The molecule has 6 nitrogen and oxygen atoms in total. The summed E-state index contributed by atoms with van der Waals surface area (Å²) >= 11 is 3.41. The highest BCUT2D eigenvalue weighted by atomic mass is 79.9. The van der Waals surface area contributed by atoms with Gasteiger partial charge in [-0.05, 0) is 31.5 Å². The van der Waals surface area contributed by atoms with Crippen molar-refractivity contribution >= 4 is 27.9 Å². The molecule has 1 aliphatic rings. The first-order chi connectivity index (χ1) is 11.0. The SMILES string of the molecule is CCOC(=O)C1=C(CC)NC(=O)NC1c1cc(Br)ccc1OC. The van der Waals surface area contributed by atoms with Crippen LogP contribution in [-0.2, 0) is 9.53 Å². The summed E-state index contributed by atoms with van der Waals surface area (Å²) in [6.07, 6.45) is 0.508. The molecule has 0 bridgehead atoms. The molecule has 0 saturated heterocycles. The van der Waals surface area contributed by atoms with E-state index in [0.717, 1.165) is 4.47 Å². The van der Waals surface area contributed by atoms with Gasteiger partial charge >= 0.3 is 12.0 Å². The lowest BCUT2D eigenvalue weighted by atomic mass is 9.93. The van der Waals surface area contributed by atoms with E-state index in [1.807, 2.05) is 19.1 Å². The number of hydrogen-bond acceptors (Lipinski definition) is 4. The van der Waals surface area contributed by atoms with E-state index < -0.39 is 12.0 Å². The topological polar surface area (TPSA) is 76.7 Å². The molecule has 0 spiro atoms. The molecule has 0 radical (unpaired) electrons. The molecule has 2 amide bonds. The van der Waals surface area contributed by atoms with Crippen LogP contribution in [0.3, 0.4) is 0 Å². The van der Waals surface area contributed by atoms with E-state index in [1.165, 1.54) is 0 Å². The molecule has 0 aromatic heterocycles. The number of halogens is 1. The molecule has 1 heterocycles. The fraction of sp³-hybridized carbons (Fsp3) is 0.375. The smallest absolute Gasteiger partial charge is 0.338 e. The number of rotatable bonds is 5. The number of esters is 1. The molecule has 7 heteroatoms. The Hall–Kier alpha value is -2.02. The maximum Gasteiger partial charge on any atom is 0.338 e. The summed E-state index contributed by atoms with van der Waals surface area (Å²) in [5, 5.41) is 5.46. The molecule has 0 saturated carbocycles. The van der Waals surface area contributed by atoms with Crippen molar-refractivity contribution in [3.63, 3.8) is 0 Å². The van der Waals surface area contributed by atoms with Crippen molar-refractivity contribution in [2.45, 2.75) is 26.3 Å². The number of methoxy groups -OCH3 is 1. The van der Waals surface area contributed by atoms with Crippen molar-refractivity contribution < 1.29 is 19.1 Å². The highest BCUT2D eigenvalue weighted by Crippen LogP contribution is 2.35. The van der Waals surface area contributed by atoms with Crippen LogP contribution in [-0.4, -0.2) is 25.7 Å². The molecule has 1 aliphatic heterocycles. The molecule has 2 N–H and O–H groups in total. The minimum atomic E-state index is -0.634. The van der Waals surface area contributed by atoms with Gasteiger partial charge in [0.15, 0.2) is 0 Å².